The molecule has 430 valence electrons. The number of anilines is 1. The molecular weight excluding hydrogens is 1020 g/mol. The van der Waals surface area contributed by atoms with E-state index in [0.717, 1.165) is 93.2 Å². The molecule has 2 aromatic carbocycles. The zero-order chi connectivity index (χ0) is 57.4. The number of ketones is 2. The standard InChI is InChI=1S/C65H80N6O10/c1-10-64(78)54-31-56-59-44(35-71(56)60(75)52(54)37-79-61(64)76)30-49-51(36-67(7)8)57(24-23-55(49)66-59)80-62(77)70-34-38(2)69(33-39(70)3)28-14-12-11-13-27-68(9)45-18-15-42(16-19-45)50-32-63(6)53(25-26-65(63,40(4)72)81-41(5)73)48-21-17-43-29-46(74)20-22-47(43)58(48)50/h15-16,18-19,23-24,29-31,38-39,48,50,53,78H,10-14,17,20-22,25-28,32-37H2,1-9H3/t38-,39+,48?,50?,53+,63?,64+,65+/m1/s1. The first-order chi connectivity index (χ1) is 38.7. The summed E-state index contributed by atoms with van der Waals surface area (Å²) in [6.45, 7) is 14.9. The van der Waals surface area contributed by atoms with E-state index in [4.69, 9.17) is 19.2 Å². The van der Waals surface area contributed by atoms with Crippen LogP contribution in [0.1, 0.15) is 152 Å². The van der Waals surface area contributed by atoms with E-state index in [-0.39, 0.29) is 77.7 Å². The number of cyclic esters (lactones) is 1. The smallest absolute Gasteiger partial charge is 0.415 e. The molecule has 5 heterocycles. The number of hydrogen-bond acceptors (Lipinski definition) is 14. The molecule has 4 aliphatic carbocycles. The number of nitrogens with zero attached hydrogens (tertiary/aromatic N) is 6. The van der Waals surface area contributed by atoms with E-state index in [9.17, 15) is 33.9 Å². The first-order valence-corrected chi connectivity index (χ1v) is 29.6. The van der Waals surface area contributed by atoms with Gasteiger partial charge in [-0.25, -0.2) is 14.6 Å². The summed E-state index contributed by atoms with van der Waals surface area (Å²) in [5.41, 5.74) is 6.48. The third kappa shape index (κ3) is 9.73. The van der Waals surface area contributed by atoms with E-state index in [2.05, 4.69) is 61.9 Å². The number of aliphatic hydroxyl groups is 1. The summed E-state index contributed by atoms with van der Waals surface area (Å²) in [7, 11) is 6.08. The van der Waals surface area contributed by atoms with Crippen LogP contribution < -0.4 is 15.2 Å². The van der Waals surface area contributed by atoms with Gasteiger partial charge in [-0.3, -0.25) is 24.1 Å². The molecule has 16 heteroatoms. The van der Waals surface area contributed by atoms with Crippen LogP contribution in [0.4, 0.5) is 10.5 Å². The molecule has 3 aliphatic heterocycles. The van der Waals surface area contributed by atoms with Crippen molar-refractivity contribution in [1.29, 1.82) is 0 Å². The molecule has 16 nitrogen and oxygen atoms in total. The third-order valence-corrected chi connectivity index (χ3v) is 19.9. The molecule has 1 saturated heterocycles. The molecule has 7 aliphatic rings. The maximum atomic E-state index is 14.1. The fourth-order valence-corrected chi connectivity index (χ4v) is 15.7. The fraction of sp³-hybridized carbons (Fsp3) is 0.554. The van der Waals surface area contributed by atoms with Crippen LogP contribution in [0.3, 0.4) is 0 Å². The lowest BCUT2D eigenvalue weighted by molar-refractivity contribution is -0.182. The van der Waals surface area contributed by atoms with Gasteiger partial charge in [-0.15, -0.1) is 0 Å². The number of aromatic nitrogens is 2. The average molecular weight is 1110 g/mol. The van der Waals surface area contributed by atoms with E-state index in [1.165, 1.54) is 29.2 Å². The lowest BCUT2D eigenvalue weighted by atomic mass is 9.50. The molecular formula is C65H80N6O10. The number of carbonyl (C=O) groups is 5. The van der Waals surface area contributed by atoms with Crippen molar-refractivity contribution in [3.05, 3.63) is 109 Å². The normalized spacial score (nSPS) is 27.7. The lowest BCUT2D eigenvalue weighted by Gasteiger charge is -2.55. The largest absolute Gasteiger partial charge is 0.458 e. The number of fused-ring (bicyclic) bond motifs is 9. The van der Waals surface area contributed by atoms with Gasteiger partial charge in [0.05, 0.1) is 29.0 Å². The molecule has 2 aromatic heterocycles. The predicted octanol–water partition coefficient (Wildman–Crippen LogP) is 9.52. The van der Waals surface area contributed by atoms with Crippen LogP contribution in [-0.2, 0) is 53.9 Å². The summed E-state index contributed by atoms with van der Waals surface area (Å²) in [5, 5.41) is 12.2. The number of Topliss-reactive ketones (excluding diaryl/α,β-unsaturated/α-hetero) is 1. The van der Waals surface area contributed by atoms with Crippen molar-refractivity contribution in [2.45, 2.75) is 167 Å². The number of ether oxygens (including phenoxy) is 3. The second-order valence-electron chi connectivity index (χ2n) is 25.1. The van der Waals surface area contributed by atoms with Crippen LogP contribution in [0.2, 0.25) is 0 Å². The van der Waals surface area contributed by atoms with Crippen LogP contribution in [0.5, 0.6) is 5.75 Å². The van der Waals surface area contributed by atoms with Gasteiger partial charge in [0.2, 0.25) is 0 Å². The van der Waals surface area contributed by atoms with Gasteiger partial charge in [-0.2, -0.15) is 0 Å². The molecule has 3 fully saturated rings. The number of benzene rings is 2. The molecule has 0 bridgehead atoms. The summed E-state index contributed by atoms with van der Waals surface area (Å²) in [6, 6.07) is 16.4. The summed E-state index contributed by atoms with van der Waals surface area (Å²) < 4.78 is 19.3. The van der Waals surface area contributed by atoms with Crippen LogP contribution in [-0.4, -0.2) is 124 Å². The van der Waals surface area contributed by atoms with Crippen molar-refractivity contribution >= 4 is 46.2 Å². The highest BCUT2D eigenvalue weighted by atomic mass is 16.6. The Kier molecular flexibility index (Phi) is 15.1. The molecule has 4 aromatic rings. The predicted molar refractivity (Wildman–Crippen MR) is 309 cm³/mol. The Bertz CT molecular complexity index is 3360. The van der Waals surface area contributed by atoms with Crippen molar-refractivity contribution in [2.24, 2.45) is 17.3 Å². The molecule has 81 heavy (non-hydrogen) atoms. The lowest BCUT2D eigenvalue weighted by Crippen LogP contribution is -2.58. The highest BCUT2D eigenvalue weighted by Gasteiger charge is 2.67. The van der Waals surface area contributed by atoms with Crippen molar-refractivity contribution in [2.75, 3.05) is 52.2 Å². The molecule has 11 rings (SSSR count). The maximum Gasteiger partial charge on any atom is 0.415 e. The van der Waals surface area contributed by atoms with Crippen molar-refractivity contribution < 1.29 is 43.3 Å². The van der Waals surface area contributed by atoms with E-state index < -0.39 is 34.6 Å². The van der Waals surface area contributed by atoms with Gasteiger partial charge in [0.1, 0.15) is 12.4 Å². The minimum Gasteiger partial charge on any atom is -0.458 e. The van der Waals surface area contributed by atoms with Crippen LogP contribution in [0.15, 0.2) is 76.1 Å². The number of piperazine rings is 1. The summed E-state index contributed by atoms with van der Waals surface area (Å²) >= 11 is 0. The van der Waals surface area contributed by atoms with E-state index in [1.807, 2.05) is 42.1 Å². The van der Waals surface area contributed by atoms with E-state index in [0.29, 0.717) is 55.0 Å². The minimum absolute atomic E-state index is 0.0539. The molecule has 1 N–H and O–H groups in total. The maximum absolute atomic E-state index is 14.1. The van der Waals surface area contributed by atoms with Crippen molar-refractivity contribution in [3.8, 4) is 17.1 Å². The number of esters is 2. The zero-order valence-electron chi connectivity index (χ0n) is 48.8. The van der Waals surface area contributed by atoms with Gasteiger partial charge < -0.3 is 38.6 Å². The Morgan fingerprint density at radius 2 is 1.68 bits per heavy atom. The summed E-state index contributed by atoms with van der Waals surface area (Å²) in [6.07, 6.45) is 11.1. The van der Waals surface area contributed by atoms with Gasteiger partial charge in [0.15, 0.2) is 22.8 Å². The molecule has 1 amide bonds. The highest BCUT2D eigenvalue weighted by Crippen LogP contribution is 2.68. The van der Waals surface area contributed by atoms with Crippen molar-refractivity contribution in [1.82, 2.24) is 24.3 Å². The van der Waals surface area contributed by atoms with E-state index >= 15 is 0 Å². The van der Waals surface area contributed by atoms with Crippen LogP contribution in [0.25, 0.3) is 22.3 Å². The second kappa shape index (κ2) is 21.7. The topological polar surface area (TPSA) is 181 Å². The highest BCUT2D eigenvalue weighted by molar-refractivity contribution is 5.93. The monoisotopic (exact) mass is 1100 g/mol. The van der Waals surface area contributed by atoms with Crippen molar-refractivity contribution in [3.63, 3.8) is 0 Å². The number of allylic oxidation sites excluding steroid dienone is 4. The molecule has 3 unspecified atom stereocenters. The number of unbranched alkanes of at least 4 members (excludes halogenated alkanes) is 3. The molecule has 2 saturated carbocycles. The SMILES string of the molecule is CC[C@@]1(O)C(=O)OCc2c1cc1n(c2=O)Cc2cc3c(CN(C)C)c(OC(=O)N4C[C@@H](C)N(CCCCCCN(C)c5ccc(C6CC7(C)[C@@H](CC[C@]7(OC(C)=O)C(C)=O)C7CCC8=CC(=O)CCC8=C67)cc5)C[C@@H]4C)ccc3nc2-1. The molecule has 8 atom stereocenters. The van der Waals surface area contributed by atoms with E-state index in [1.54, 1.807) is 30.5 Å². The Morgan fingerprint density at radius 3 is 2.41 bits per heavy atom. The first kappa shape index (κ1) is 56.4. The third-order valence-electron chi connectivity index (χ3n) is 19.9. The molecule has 0 radical (unpaired) electrons. The minimum atomic E-state index is -1.91. The van der Waals surface area contributed by atoms with Crippen LogP contribution >= 0.6 is 0 Å². The Balaban J connectivity index is 0.693. The number of rotatable bonds is 15. The Morgan fingerprint density at radius 1 is 0.914 bits per heavy atom. The summed E-state index contributed by atoms with van der Waals surface area (Å²) in [4.78, 5) is 93.3. The number of carbonyl (C=O) groups excluding carboxylic acids is 5. The van der Waals surface area contributed by atoms with Gasteiger partial charge in [0, 0.05) is 97.8 Å². The quantitative estimate of drug-likeness (QED) is 0.0773. The Labute approximate surface area is 475 Å². The number of pyridine rings is 2. The number of hydrogen-bond donors (Lipinski definition) is 1. The van der Waals surface area contributed by atoms with Gasteiger partial charge in [-0.1, -0.05) is 44.4 Å². The van der Waals surface area contributed by atoms with Gasteiger partial charge in [-0.05, 0) is 170 Å². The number of amides is 1. The van der Waals surface area contributed by atoms with Gasteiger partial charge >= 0.3 is 18.0 Å². The average Bonchev–Trinajstić information content (AvgIpc) is 3.99. The second-order valence-corrected chi connectivity index (χ2v) is 25.1. The summed E-state index contributed by atoms with van der Waals surface area (Å²) in [5.74, 6) is -0.0102. The van der Waals surface area contributed by atoms with Crippen LogP contribution in [0, 0.1) is 17.3 Å². The fourth-order valence-electron chi connectivity index (χ4n) is 15.7. The zero-order valence-corrected chi connectivity index (χ0v) is 48.8. The van der Waals surface area contributed by atoms with Gasteiger partial charge in [0.25, 0.3) is 5.56 Å². The Hall–Kier alpha value is -6.49. The first-order valence-electron chi connectivity index (χ1n) is 29.6. The molecule has 0 spiro atoms.